The van der Waals surface area contributed by atoms with E-state index in [-0.39, 0.29) is 12.5 Å². The molecule has 1 N–H and O–H groups in total. The Morgan fingerprint density at radius 1 is 1.03 bits per heavy atom. The van der Waals surface area contributed by atoms with E-state index in [1.807, 2.05) is 46.8 Å². The van der Waals surface area contributed by atoms with E-state index in [1.165, 1.54) is 4.90 Å². The SMILES string of the molecule is CCc1ccccc1N(CC(=O)N(Cc1ccc(Cl)cc1)[C@@H](CC)C(=O)NC(C)(C)C)S(C)(=O)=O. The fourth-order valence-electron chi connectivity index (χ4n) is 3.81. The van der Waals surface area contributed by atoms with Gasteiger partial charge in [-0.2, -0.15) is 0 Å². The van der Waals surface area contributed by atoms with E-state index in [0.29, 0.717) is 23.6 Å². The van der Waals surface area contributed by atoms with Gasteiger partial charge in [0.05, 0.1) is 11.9 Å². The summed E-state index contributed by atoms with van der Waals surface area (Å²) in [6.45, 7) is 9.09. The number of para-hydroxylation sites is 1. The van der Waals surface area contributed by atoms with Gasteiger partial charge in [0, 0.05) is 17.1 Å². The van der Waals surface area contributed by atoms with Gasteiger partial charge in [-0.15, -0.1) is 0 Å². The minimum atomic E-state index is -3.77. The average Bonchev–Trinajstić information content (AvgIpc) is 2.76. The highest BCUT2D eigenvalue weighted by Gasteiger charge is 2.33. The molecule has 0 bridgehead atoms. The maximum Gasteiger partial charge on any atom is 0.244 e. The summed E-state index contributed by atoms with van der Waals surface area (Å²) in [5, 5.41) is 3.51. The third-order valence-electron chi connectivity index (χ3n) is 5.47. The van der Waals surface area contributed by atoms with Crippen molar-refractivity contribution in [2.45, 2.75) is 65.6 Å². The van der Waals surface area contributed by atoms with Crippen LogP contribution in [0.3, 0.4) is 0 Å². The summed E-state index contributed by atoms with van der Waals surface area (Å²) >= 11 is 6.02. The van der Waals surface area contributed by atoms with Crippen molar-refractivity contribution in [3.05, 3.63) is 64.7 Å². The second kappa shape index (κ2) is 11.9. The largest absolute Gasteiger partial charge is 0.350 e. The normalized spacial score (nSPS) is 12.7. The molecule has 0 spiro atoms. The minimum absolute atomic E-state index is 0.138. The van der Waals surface area contributed by atoms with Crippen molar-refractivity contribution in [3.63, 3.8) is 0 Å². The molecule has 0 aromatic heterocycles. The number of anilines is 1. The number of benzene rings is 2. The van der Waals surface area contributed by atoms with Crippen molar-refractivity contribution in [2.24, 2.45) is 0 Å². The Bertz CT molecular complexity index is 1130. The van der Waals surface area contributed by atoms with Gasteiger partial charge in [0.25, 0.3) is 0 Å². The van der Waals surface area contributed by atoms with Gasteiger partial charge < -0.3 is 10.2 Å². The van der Waals surface area contributed by atoms with Gasteiger partial charge in [-0.25, -0.2) is 8.42 Å². The van der Waals surface area contributed by atoms with Crippen molar-refractivity contribution in [1.29, 1.82) is 0 Å². The Labute approximate surface area is 214 Å². The van der Waals surface area contributed by atoms with E-state index in [4.69, 9.17) is 11.6 Å². The quantitative estimate of drug-likeness (QED) is 0.502. The average molecular weight is 522 g/mol. The van der Waals surface area contributed by atoms with E-state index in [0.717, 1.165) is 21.7 Å². The van der Waals surface area contributed by atoms with Crippen molar-refractivity contribution >= 4 is 39.1 Å². The first-order valence-corrected chi connectivity index (χ1v) is 13.9. The number of amides is 2. The number of halogens is 1. The fourth-order valence-corrected chi connectivity index (χ4v) is 4.81. The molecule has 0 fully saturated rings. The van der Waals surface area contributed by atoms with E-state index in [1.54, 1.807) is 36.4 Å². The van der Waals surface area contributed by atoms with Gasteiger partial charge in [0.15, 0.2) is 0 Å². The van der Waals surface area contributed by atoms with Gasteiger partial charge >= 0.3 is 0 Å². The summed E-state index contributed by atoms with van der Waals surface area (Å²) in [6.07, 6.45) is 2.06. The van der Waals surface area contributed by atoms with Crippen LogP contribution in [0.5, 0.6) is 0 Å². The Morgan fingerprint density at radius 3 is 2.14 bits per heavy atom. The van der Waals surface area contributed by atoms with E-state index >= 15 is 0 Å². The lowest BCUT2D eigenvalue weighted by Crippen LogP contribution is -2.55. The molecule has 0 radical (unpaired) electrons. The van der Waals surface area contributed by atoms with Crippen LogP contribution in [0.4, 0.5) is 5.69 Å². The van der Waals surface area contributed by atoms with Crippen molar-refractivity contribution < 1.29 is 18.0 Å². The van der Waals surface area contributed by atoms with Crippen molar-refractivity contribution in [2.75, 3.05) is 17.1 Å². The highest BCUT2D eigenvalue weighted by Crippen LogP contribution is 2.24. The number of rotatable bonds is 10. The van der Waals surface area contributed by atoms with Crippen LogP contribution in [0, 0.1) is 0 Å². The molecule has 2 rings (SSSR count). The lowest BCUT2D eigenvalue weighted by Gasteiger charge is -2.34. The molecular formula is C26H36ClN3O4S. The number of hydrogen-bond donors (Lipinski definition) is 1. The molecule has 0 aliphatic heterocycles. The zero-order valence-corrected chi connectivity index (χ0v) is 22.9. The molecule has 0 heterocycles. The smallest absolute Gasteiger partial charge is 0.244 e. The van der Waals surface area contributed by atoms with Crippen molar-refractivity contribution in [3.8, 4) is 0 Å². The highest BCUT2D eigenvalue weighted by atomic mass is 35.5. The van der Waals surface area contributed by atoms with Crippen LogP contribution in [-0.4, -0.2) is 49.5 Å². The molecule has 0 aliphatic rings. The number of aryl methyl sites for hydroxylation is 1. The van der Waals surface area contributed by atoms with Gasteiger partial charge in [-0.1, -0.05) is 55.8 Å². The van der Waals surface area contributed by atoms with Gasteiger partial charge in [0.2, 0.25) is 21.8 Å². The molecule has 35 heavy (non-hydrogen) atoms. The molecular weight excluding hydrogens is 486 g/mol. The molecule has 9 heteroatoms. The molecule has 2 aromatic carbocycles. The molecule has 2 amide bonds. The number of carbonyl (C=O) groups is 2. The first kappa shape index (κ1) is 28.7. The van der Waals surface area contributed by atoms with Gasteiger partial charge in [-0.3, -0.25) is 13.9 Å². The molecule has 0 unspecified atom stereocenters. The first-order chi connectivity index (χ1) is 16.3. The van der Waals surface area contributed by atoms with E-state index in [2.05, 4.69) is 5.32 Å². The number of carbonyl (C=O) groups excluding carboxylic acids is 2. The predicted octanol–water partition coefficient (Wildman–Crippen LogP) is 4.39. The highest BCUT2D eigenvalue weighted by molar-refractivity contribution is 7.92. The molecule has 7 nitrogen and oxygen atoms in total. The fraction of sp³-hybridized carbons (Fsp3) is 0.462. The monoisotopic (exact) mass is 521 g/mol. The molecule has 192 valence electrons. The Hall–Kier alpha value is -2.58. The summed E-state index contributed by atoms with van der Waals surface area (Å²) in [5.41, 5.74) is 1.57. The van der Waals surface area contributed by atoms with E-state index in [9.17, 15) is 18.0 Å². The van der Waals surface area contributed by atoms with Crippen LogP contribution in [0.25, 0.3) is 0 Å². The van der Waals surface area contributed by atoms with Gasteiger partial charge in [0.1, 0.15) is 12.6 Å². The Kier molecular flexibility index (Phi) is 9.75. The molecule has 2 aromatic rings. The van der Waals surface area contributed by atoms with Crippen LogP contribution < -0.4 is 9.62 Å². The predicted molar refractivity (Wildman–Crippen MR) is 142 cm³/mol. The Balaban J connectivity index is 2.48. The second-order valence-corrected chi connectivity index (χ2v) is 11.9. The topological polar surface area (TPSA) is 86.8 Å². The first-order valence-electron chi connectivity index (χ1n) is 11.7. The zero-order chi connectivity index (χ0) is 26.4. The van der Waals surface area contributed by atoms with Crippen LogP contribution in [-0.2, 0) is 32.6 Å². The van der Waals surface area contributed by atoms with Crippen LogP contribution in [0.1, 0.15) is 52.2 Å². The minimum Gasteiger partial charge on any atom is -0.350 e. The maximum absolute atomic E-state index is 13.7. The lowest BCUT2D eigenvalue weighted by molar-refractivity contribution is -0.141. The van der Waals surface area contributed by atoms with Crippen LogP contribution in [0.2, 0.25) is 5.02 Å². The number of nitrogens with one attached hydrogen (secondary N) is 1. The third kappa shape index (κ3) is 8.25. The second-order valence-electron chi connectivity index (χ2n) is 9.56. The Morgan fingerprint density at radius 2 is 1.63 bits per heavy atom. The van der Waals surface area contributed by atoms with Crippen molar-refractivity contribution in [1.82, 2.24) is 10.2 Å². The third-order valence-corrected chi connectivity index (χ3v) is 6.85. The lowest BCUT2D eigenvalue weighted by atomic mass is 10.1. The summed E-state index contributed by atoms with van der Waals surface area (Å²) in [4.78, 5) is 28.4. The van der Waals surface area contributed by atoms with Crippen LogP contribution >= 0.6 is 11.6 Å². The number of hydrogen-bond acceptors (Lipinski definition) is 4. The summed E-state index contributed by atoms with van der Waals surface area (Å²) in [6, 6.07) is 13.4. The maximum atomic E-state index is 13.7. The zero-order valence-electron chi connectivity index (χ0n) is 21.3. The molecule has 0 saturated carbocycles. The number of nitrogens with zero attached hydrogens (tertiary/aromatic N) is 2. The summed E-state index contributed by atoms with van der Waals surface area (Å²) in [7, 11) is -3.77. The van der Waals surface area contributed by atoms with Crippen LogP contribution in [0.15, 0.2) is 48.5 Å². The van der Waals surface area contributed by atoms with E-state index < -0.39 is 34.1 Å². The molecule has 0 saturated heterocycles. The standard InChI is InChI=1S/C26H36ClN3O4S/c1-7-20-11-9-10-12-23(20)30(35(6,33)34)18-24(31)29(17-19-13-15-21(27)16-14-19)22(8-2)25(32)28-26(3,4)5/h9-16,22H,7-8,17-18H2,1-6H3,(H,28,32)/t22-/m0/s1. The molecule has 0 aliphatic carbocycles. The number of sulfonamides is 1. The molecule has 1 atom stereocenters. The summed E-state index contributed by atoms with van der Waals surface area (Å²) in [5.74, 6) is -0.755. The summed E-state index contributed by atoms with van der Waals surface area (Å²) < 4.78 is 26.7. The van der Waals surface area contributed by atoms with Gasteiger partial charge in [-0.05, 0) is 62.9 Å².